The summed E-state index contributed by atoms with van der Waals surface area (Å²) in [5, 5.41) is 8.65. The van der Waals surface area contributed by atoms with Gasteiger partial charge in [-0.05, 0) is 30.6 Å². The van der Waals surface area contributed by atoms with Crippen molar-refractivity contribution < 1.29 is 4.74 Å². The Morgan fingerprint density at radius 1 is 1.40 bits per heavy atom. The highest BCUT2D eigenvalue weighted by Crippen LogP contribution is 2.10. The highest BCUT2D eigenvalue weighted by atomic mass is 16.5. The first-order valence-corrected chi connectivity index (χ1v) is 5.01. The lowest BCUT2D eigenvalue weighted by Gasteiger charge is -2.01. The molecule has 2 nitrogen and oxygen atoms in total. The van der Waals surface area contributed by atoms with Gasteiger partial charge in [0.2, 0.25) is 0 Å². The highest BCUT2D eigenvalue weighted by molar-refractivity contribution is 5.29. The van der Waals surface area contributed by atoms with E-state index in [-0.39, 0.29) is 0 Å². The second kappa shape index (κ2) is 6.67. The zero-order chi connectivity index (χ0) is 10.9. The molecule has 1 rings (SSSR count). The van der Waals surface area contributed by atoms with Crippen LogP contribution in [0.5, 0.6) is 0 Å². The first-order chi connectivity index (χ1) is 7.36. The number of methoxy groups -OCH3 is 1. The lowest BCUT2D eigenvalue weighted by atomic mass is 10.1. The minimum atomic E-state index is 0.456. The van der Waals surface area contributed by atoms with Crippen LogP contribution >= 0.6 is 0 Å². The predicted octanol–water partition coefficient (Wildman–Crippen LogP) is 3.26. The van der Waals surface area contributed by atoms with Crippen molar-refractivity contribution in [1.82, 2.24) is 0 Å². The fourth-order valence-corrected chi connectivity index (χ4v) is 1.30. The molecule has 0 saturated carbocycles. The molecule has 0 N–H and O–H groups in total. The van der Waals surface area contributed by atoms with Gasteiger partial charge in [0.05, 0.1) is 19.6 Å². The molecule has 0 fully saturated rings. The van der Waals surface area contributed by atoms with Gasteiger partial charge < -0.3 is 4.74 Å². The van der Waals surface area contributed by atoms with Crippen molar-refractivity contribution in [3.63, 3.8) is 0 Å². The Hall–Kier alpha value is -1.75. The highest BCUT2D eigenvalue weighted by Gasteiger charge is 1.94. The lowest BCUT2D eigenvalue weighted by Crippen LogP contribution is -1.84. The molecule has 0 bridgehead atoms. The summed E-state index contributed by atoms with van der Waals surface area (Å²) >= 11 is 0. The van der Waals surface area contributed by atoms with E-state index >= 15 is 0 Å². The maximum absolute atomic E-state index is 8.65. The Morgan fingerprint density at radius 2 is 2.27 bits per heavy atom. The van der Waals surface area contributed by atoms with Gasteiger partial charge in [0.15, 0.2) is 0 Å². The van der Waals surface area contributed by atoms with Crippen LogP contribution in [-0.4, -0.2) is 7.11 Å². The van der Waals surface area contributed by atoms with Gasteiger partial charge in [0.1, 0.15) is 5.76 Å². The van der Waals surface area contributed by atoms with Crippen LogP contribution in [0.25, 0.3) is 0 Å². The van der Waals surface area contributed by atoms with E-state index in [1.807, 2.05) is 24.3 Å². The van der Waals surface area contributed by atoms with E-state index < -0.39 is 0 Å². The van der Waals surface area contributed by atoms with Gasteiger partial charge in [-0.15, -0.1) is 0 Å². The van der Waals surface area contributed by atoms with Crippen LogP contribution in [-0.2, 0) is 4.74 Å². The molecule has 0 spiro atoms. The van der Waals surface area contributed by atoms with Crippen LogP contribution in [0.2, 0.25) is 0 Å². The van der Waals surface area contributed by atoms with E-state index in [0.29, 0.717) is 6.42 Å². The average molecular weight is 201 g/mol. The summed E-state index contributed by atoms with van der Waals surface area (Å²) in [5.41, 5.74) is 1.05. The van der Waals surface area contributed by atoms with Crippen LogP contribution in [0.3, 0.4) is 0 Å². The Kier molecular flexibility index (Phi) is 5.03. The quantitative estimate of drug-likeness (QED) is 0.687. The minimum absolute atomic E-state index is 0.456. The molecule has 1 aliphatic rings. The summed E-state index contributed by atoms with van der Waals surface area (Å²) in [6, 6.07) is 2.16. The van der Waals surface area contributed by atoms with E-state index in [0.717, 1.165) is 24.2 Å². The maximum Gasteiger partial charge on any atom is 0.118 e. The van der Waals surface area contributed by atoms with Crippen molar-refractivity contribution in [1.29, 1.82) is 5.26 Å². The zero-order valence-corrected chi connectivity index (χ0v) is 8.94. The third kappa shape index (κ3) is 4.33. The molecule has 0 aromatic rings. The third-order valence-electron chi connectivity index (χ3n) is 2.12. The van der Waals surface area contributed by atoms with Crippen molar-refractivity contribution in [2.75, 3.05) is 7.11 Å². The summed E-state index contributed by atoms with van der Waals surface area (Å²) < 4.78 is 5.16. The van der Waals surface area contributed by atoms with Crippen LogP contribution in [0.15, 0.2) is 47.8 Å². The molecule has 0 radical (unpaired) electrons. The Labute approximate surface area is 90.9 Å². The predicted molar refractivity (Wildman–Crippen MR) is 60.9 cm³/mol. The van der Waals surface area contributed by atoms with Crippen molar-refractivity contribution in [3.05, 3.63) is 47.8 Å². The second-order valence-corrected chi connectivity index (χ2v) is 3.23. The summed E-state index contributed by atoms with van der Waals surface area (Å²) in [5.74, 6) is 0.803. The van der Waals surface area contributed by atoms with E-state index in [2.05, 4.69) is 18.2 Å². The SMILES string of the molecule is COC1=C/C=C/CC/C=C(CC#N)\C=C\1. The molecular weight excluding hydrogens is 186 g/mol. The van der Waals surface area contributed by atoms with E-state index in [1.54, 1.807) is 7.11 Å². The zero-order valence-electron chi connectivity index (χ0n) is 8.94. The Morgan fingerprint density at radius 3 is 3.00 bits per heavy atom. The first kappa shape index (κ1) is 11.3. The van der Waals surface area contributed by atoms with Crippen LogP contribution in [0.4, 0.5) is 0 Å². The van der Waals surface area contributed by atoms with Crippen LogP contribution < -0.4 is 0 Å². The molecule has 0 amide bonds. The van der Waals surface area contributed by atoms with Gasteiger partial charge >= 0.3 is 0 Å². The van der Waals surface area contributed by atoms with Gasteiger partial charge in [-0.25, -0.2) is 0 Å². The lowest BCUT2D eigenvalue weighted by molar-refractivity contribution is 0.307. The van der Waals surface area contributed by atoms with E-state index in [1.165, 1.54) is 0 Å². The van der Waals surface area contributed by atoms with Gasteiger partial charge in [-0.3, -0.25) is 0 Å². The fraction of sp³-hybridized carbons (Fsp3) is 0.308. The number of allylic oxidation sites excluding steroid dienone is 7. The molecule has 0 atom stereocenters. The largest absolute Gasteiger partial charge is 0.497 e. The van der Waals surface area contributed by atoms with Crippen molar-refractivity contribution in [3.8, 4) is 6.07 Å². The first-order valence-electron chi connectivity index (χ1n) is 5.01. The smallest absolute Gasteiger partial charge is 0.118 e. The topological polar surface area (TPSA) is 33.0 Å². The molecule has 1 aliphatic carbocycles. The number of nitriles is 1. The molecule has 0 saturated heterocycles. The molecule has 15 heavy (non-hydrogen) atoms. The standard InChI is InChI=1S/C13H15NO/c1-15-13-7-5-3-2-4-6-12(8-9-13)10-11-14/h3,5-9H,2,4,10H2,1H3/b5-3+,9-8+,12-6+,13-7+. The number of hydrogen-bond acceptors (Lipinski definition) is 2. The van der Waals surface area contributed by atoms with Gasteiger partial charge in [0.25, 0.3) is 0 Å². The van der Waals surface area contributed by atoms with E-state index in [4.69, 9.17) is 10.00 Å². The number of hydrogen-bond donors (Lipinski definition) is 0. The van der Waals surface area contributed by atoms with Gasteiger partial charge in [-0.1, -0.05) is 24.3 Å². The van der Waals surface area contributed by atoms with Crippen molar-refractivity contribution in [2.45, 2.75) is 19.3 Å². The normalized spacial score (nSPS) is 27.5. The molecule has 0 aromatic heterocycles. The third-order valence-corrected chi connectivity index (χ3v) is 2.12. The van der Waals surface area contributed by atoms with Crippen LogP contribution in [0, 0.1) is 11.3 Å². The van der Waals surface area contributed by atoms with Gasteiger partial charge in [0, 0.05) is 0 Å². The summed E-state index contributed by atoms with van der Waals surface area (Å²) in [6.07, 6.45) is 14.4. The number of ether oxygens (including phenoxy) is 1. The molecule has 0 heterocycles. The maximum atomic E-state index is 8.65. The Bertz CT molecular complexity index is 353. The number of rotatable bonds is 2. The molecule has 2 heteroatoms. The summed E-state index contributed by atoms with van der Waals surface area (Å²) in [6.45, 7) is 0. The molecular formula is C13H15NO. The molecule has 78 valence electrons. The minimum Gasteiger partial charge on any atom is -0.497 e. The van der Waals surface area contributed by atoms with E-state index in [9.17, 15) is 0 Å². The van der Waals surface area contributed by atoms with Crippen molar-refractivity contribution in [2.24, 2.45) is 0 Å². The Balaban J connectivity index is 2.82. The molecule has 0 aromatic carbocycles. The van der Waals surface area contributed by atoms with Crippen LogP contribution in [0.1, 0.15) is 19.3 Å². The monoisotopic (exact) mass is 201 g/mol. The second-order valence-electron chi connectivity index (χ2n) is 3.23. The average Bonchev–Trinajstić information content (AvgIpc) is 2.27. The molecule has 0 aliphatic heterocycles. The van der Waals surface area contributed by atoms with Crippen molar-refractivity contribution >= 4 is 0 Å². The van der Waals surface area contributed by atoms with Gasteiger partial charge in [-0.2, -0.15) is 5.26 Å². The number of nitrogens with zero attached hydrogens (tertiary/aromatic N) is 1. The summed E-state index contributed by atoms with van der Waals surface area (Å²) in [4.78, 5) is 0. The summed E-state index contributed by atoms with van der Waals surface area (Å²) in [7, 11) is 1.64. The molecule has 0 unspecified atom stereocenters. The fourth-order valence-electron chi connectivity index (χ4n) is 1.30.